The standard InChI is InChI=1S/C18H14ClNO4S/c1-23-15-8-4-6-13(16(15)21)18(22)24-9-11-10-25-17(20-11)12-5-2-3-7-14(12)19/h2-8,10,21H,9H2,1H3. The topological polar surface area (TPSA) is 68.7 Å². The Bertz CT molecular complexity index is 910. The first-order valence-corrected chi connectivity index (χ1v) is 8.58. The van der Waals surface area contributed by atoms with Crippen molar-refractivity contribution in [2.75, 3.05) is 7.11 Å². The van der Waals surface area contributed by atoms with Gasteiger partial charge in [0, 0.05) is 10.9 Å². The zero-order valence-corrected chi connectivity index (χ0v) is 14.8. The van der Waals surface area contributed by atoms with E-state index in [1.54, 1.807) is 23.6 Å². The Balaban J connectivity index is 1.71. The molecule has 0 unspecified atom stereocenters. The summed E-state index contributed by atoms with van der Waals surface area (Å²) in [6.07, 6.45) is 0. The Morgan fingerprint density at radius 1 is 1.24 bits per heavy atom. The monoisotopic (exact) mass is 375 g/mol. The van der Waals surface area contributed by atoms with Gasteiger partial charge in [-0.05, 0) is 18.2 Å². The highest BCUT2D eigenvalue weighted by Crippen LogP contribution is 2.31. The molecule has 0 fully saturated rings. The Kier molecular flexibility index (Phi) is 5.21. The predicted molar refractivity (Wildman–Crippen MR) is 96.3 cm³/mol. The number of benzene rings is 2. The largest absolute Gasteiger partial charge is 0.504 e. The molecule has 1 N–H and O–H groups in total. The maximum absolute atomic E-state index is 12.2. The molecule has 5 nitrogen and oxygen atoms in total. The van der Waals surface area contributed by atoms with E-state index >= 15 is 0 Å². The number of esters is 1. The molecule has 0 radical (unpaired) electrons. The van der Waals surface area contributed by atoms with Crippen molar-refractivity contribution in [2.45, 2.75) is 6.61 Å². The van der Waals surface area contributed by atoms with E-state index in [4.69, 9.17) is 21.1 Å². The number of nitrogens with zero attached hydrogens (tertiary/aromatic N) is 1. The Morgan fingerprint density at radius 2 is 2.04 bits per heavy atom. The van der Waals surface area contributed by atoms with Gasteiger partial charge in [0.1, 0.15) is 17.2 Å². The molecule has 0 bridgehead atoms. The highest BCUT2D eigenvalue weighted by atomic mass is 35.5. The van der Waals surface area contributed by atoms with Crippen molar-refractivity contribution in [1.29, 1.82) is 0 Å². The quantitative estimate of drug-likeness (QED) is 0.663. The van der Waals surface area contributed by atoms with E-state index in [1.807, 2.05) is 18.2 Å². The number of ether oxygens (including phenoxy) is 2. The average molecular weight is 376 g/mol. The molecule has 0 aliphatic heterocycles. The van der Waals surface area contributed by atoms with Gasteiger partial charge in [0.25, 0.3) is 0 Å². The van der Waals surface area contributed by atoms with Crippen molar-refractivity contribution >= 4 is 28.9 Å². The lowest BCUT2D eigenvalue weighted by Crippen LogP contribution is -2.06. The van der Waals surface area contributed by atoms with Crippen molar-refractivity contribution in [3.05, 3.63) is 64.1 Å². The number of rotatable bonds is 5. The van der Waals surface area contributed by atoms with Crippen LogP contribution in [0.15, 0.2) is 47.8 Å². The fourth-order valence-electron chi connectivity index (χ4n) is 2.20. The molecular weight excluding hydrogens is 362 g/mol. The normalized spacial score (nSPS) is 10.5. The number of thiazole rings is 1. The number of carbonyl (C=O) groups is 1. The summed E-state index contributed by atoms with van der Waals surface area (Å²) < 4.78 is 10.2. The number of para-hydroxylation sites is 1. The molecule has 0 saturated heterocycles. The lowest BCUT2D eigenvalue weighted by molar-refractivity contribution is 0.0464. The smallest absolute Gasteiger partial charge is 0.342 e. The lowest BCUT2D eigenvalue weighted by Gasteiger charge is -2.08. The minimum Gasteiger partial charge on any atom is -0.504 e. The third kappa shape index (κ3) is 3.75. The van der Waals surface area contributed by atoms with Gasteiger partial charge in [0.05, 0.1) is 17.8 Å². The summed E-state index contributed by atoms with van der Waals surface area (Å²) in [6, 6.07) is 12.0. The van der Waals surface area contributed by atoms with Gasteiger partial charge in [-0.2, -0.15) is 0 Å². The average Bonchev–Trinajstić information content (AvgIpc) is 3.09. The number of phenolic OH excluding ortho intramolecular Hbond substituents is 1. The first-order valence-electron chi connectivity index (χ1n) is 7.32. The zero-order valence-electron chi connectivity index (χ0n) is 13.2. The maximum atomic E-state index is 12.2. The SMILES string of the molecule is COc1cccc(C(=O)OCc2csc(-c3ccccc3Cl)n2)c1O. The van der Waals surface area contributed by atoms with Crippen LogP contribution in [0.5, 0.6) is 11.5 Å². The summed E-state index contributed by atoms with van der Waals surface area (Å²) in [5.74, 6) is -0.683. The zero-order chi connectivity index (χ0) is 17.8. The van der Waals surface area contributed by atoms with E-state index < -0.39 is 5.97 Å². The van der Waals surface area contributed by atoms with Crippen molar-refractivity contribution in [2.24, 2.45) is 0 Å². The fraction of sp³-hybridized carbons (Fsp3) is 0.111. The number of aromatic hydroxyl groups is 1. The van der Waals surface area contributed by atoms with Crippen LogP contribution in [0.4, 0.5) is 0 Å². The van der Waals surface area contributed by atoms with Crippen LogP contribution >= 0.6 is 22.9 Å². The van der Waals surface area contributed by atoms with Crippen molar-refractivity contribution in [3.63, 3.8) is 0 Å². The van der Waals surface area contributed by atoms with E-state index in [-0.39, 0.29) is 23.7 Å². The number of hydrogen-bond acceptors (Lipinski definition) is 6. The third-order valence-electron chi connectivity index (χ3n) is 3.45. The number of methoxy groups -OCH3 is 1. The maximum Gasteiger partial charge on any atom is 0.342 e. The third-order valence-corrected chi connectivity index (χ3v) is 4.70. The van der Waals surface area contributed by atoms with E-state index in [9.17, 15) is 9.90 Å². The van der Waals surface area contributed by atoms with Crippen LogP contribution < -0.4 is 4.74 Å². The van der Waals surface area contributed by atoms with Crippen molar-refractivity contribution in [3.8, 4) is 22.1 Å². The molecule has 3 rings (SSSR count). The van der Waals surface area contributed by atoms with Gasteiger partial charge < -0.3 is 14.6 Å². The van der Waals surface area contributed by atoms with Crippen LogP contribution in [-0.4, -0.2) is 23.2 Å². The second kappa shape index (κ2) is 7.55. The summed E-state index contributed by atoms with van der Waals surface area (Å²) in [6.45, 7) is -0.00354. The second-order valence-corrected chi connectivity index (χ2v) is 6.32. The van der Waals surface area contributed by atoms with Crippen LogP contribution in [0.3, 0.4) is 0 Å². The van der Waals surface area contributed by atoms with Gasteiger partial charge in [0.15, 0.2) is 11.5 Å². The van der Waals surface area contributed by atoms with Crippen molar-refractivity contribution in [1.82, 2.24) is 4.98 Å². The summed E-state index contributed by atoms with van der Waals surface area (Å²) in [5, 5.41) is 13.2. The van der Waals surface area contributed by atoms with Crippen LogP contribution in [0.2, 0.25) is 5.02 Å². The molecule has 0 aliphatic rings. The molecule has 2 aromatic carbocycles. The highest BCUT2D eigenvalue weighted by Gasteiger charge is 2.17. The van der Waals surface area contributed by atoms with Crippen molar-refractivity contribution < 1.29 is 19.4 Å². The van der Waals surface area contributed by atoms with Gasteiger partial charge >= 0.3 is 5.97 Å². The van der Waals surface area contributed by atoms with Crippen LogP contribution in [0.1, 0.15) is 16.1 Å². The number of carbonyl (C=O) groups excluding carboxylic acids is 1. The van der Waals surface area contributed by atoms with E-state index in [1.165, 1.54) is 24.5 Å². The summed E-state index contributed by atoms with van der Waals surface area (Å²) in [5.41, 5.74) is 1.48. The first kappa shape index (κ1) is 17.3. The molecule has 25 heavy (non-hydrogen) atoms. The van der Waals surface area contributed by atoms with Gasteiger partial charge in [-0.25, -0.2) is 9.78 Å². The Labute approximate surface area is 153 Å². The minimum atomic E-state index is -0.649. The van der Waals surface area contributed by atoms with Gasteiger partial charge in [0.2, 0.25) is 0 Å². The van der Waals surface area contributed by atoms with E-state index in [2.05, 4.69) is 4.98 Å². The summed E-state index contributed by atoms with van der Waals surface area (Å²) in [7, 11) is 1.41. The number of phenols is 1. The molecule has 0 aliphatic carbocycles. The molecular formula is C18H14ClNO4S. The molecule has 1 aromatic heterocycles. The van der Waals surface area contributed by atoms with Crippen LogP contribution in [0.25, 0.3) is 10.6 Å². The van der Waals surface area contributed by atoms with Gasteiger partial charge in [-0.3, -0.25) is 0 Å². The Hall–Kier alpha value is -2.57. The summed E-state index contributed by atoms with van der Waals surface area (Å²) in [4.78, 5) is 16.6. The number of halogens is 1. The van der Waals surface area contributed by atoms with Crippen LogP contribution in [0, 0.1) is 0 Å². The number of hydrogen-bond donors (Lipinski definition) is 1. The van der Waals surface area contributed by atoms with Gasteiger partial charge in [-0.1, -0.05) is 35.9 Å². The number of aromatic nitrogens is 1. The fourth-order valence-corrected chi connectivity index (χ4v) is 3.33. The molecule has 0 amide bonds. The van der Waals surface area contributed by atoms with E-state index in [0.717, 1.165) is 10.6 Å². The molecule has 128 valence electrons. The predicted octanol–water partition coefficient (Wildman–Crippen LogP) is 4.53. The summed E-state index contributed by atoms with van der Waals surface area (Å²) >= 11 is 7.58. The molecule has 0 atom stereocenters. The lowest BCUT2D eigenvalue weighted by atomic mass is 10.2. The van der Waals surface area contributed by atoms with E-state index in [0.29, 0.717) is 10.7 Å². The van der Waals surface area contributed by atoms with Crippen LogP contribution in [-0.2, 0) is 11.3 Å². The first-order chi connectivity index (χ1) is 12.1. The Morgan fingerprint density at radius 3 is 2.80 bits per heavy atom. The minimum absolute atomic E-state index is 0.00354. The highest BCUT2D eigenvalue weighted by molar-refractivity contribution is 7.13. The molecule has 0 saturated carbocycles. The molecule has 7 heteroatoms. The second-order valence-electron chi connectivity index (χ2n) is 5.06. The molecule has 1 heterocycles. The van der Waals surface area contributed by atoms with Gasteiger partial charge in [-0.15, -0.1) is 11.3 Å². The molecule has 0 spiro atoms. The molecule has 3 aromatic rings.